The molecule has 2 aromatic carbocycles. The first-order valence-electron chi connectivity index (χ1n) is 6.80. The van der Waals surface area contributed by atoms with E-state index in [0.717, 1.165) is 20.4 Å². The number of halogens is 2. The molecule has 0 atom stereocenters. The number of nitrogens with one attached hydrogen (secondary N) is 1. The van der Waals surface area contributed by atoms with Crippen molar-refractivity contribution < 1.29 is 0 Å². The molecule has 9 heteroatoms. The first-order valence-corrected chi connectivity index (χ1v) is 9.19. The number of nitrogens with zero attached hydrogens (tertiary/aromatic N) is 3. The van der Waals surface area contributed by atoms with Crippen LogP contribution in [-0.2, 0) is 0 Å². The summed E-state index contributed by atoms with van der Waals surface area (Å²) in [5, 5.41) is 5.48. The van der Waals surface area contributed by atoms with Crippen molar-refractivity contribution in [3.8, 4) is 0 Å². The zero-order valence-electron chi connectivity index (χ0n) is 12.0. The Bertz CT molecular complexity index is 1090. The van der Waals surface area contributed by atoms with E-state index < -0.39 is 0 Å². The van der Waals surface area contributed by atoms with Gasteiger partial charge in [-0.05, 0) is 36.4 Å². The third kappa shape index (κ3) is 3.16. The number of fused-ring (bicyclic) bond motifs is 2. The lowest BCUT2D eigenvalue weighted by atomic mass is 10.3. The molecule has 4 rings (SSSR count). The molecule has 3 N–H and O–H groups in total. The Hall–Kier alpha value is -1.93. The number of anilines is 1. The number of aromatic nitrogens is 2. The summed E-state index contributed by atoms with van der Waals surface area (Å²) in [6.45, 7) is 0. The summed E-state index contributed by atoms with van der Waals surface area (Å²) in [4.78, 5) is 13.1. The van der Waals surface area contributed by atoms with Crippen LogP contribution >= 0.6 is 45.9 Å². The molecule has 0 saturated carbocycles. The molecule has 0 spiro atoms. The molecule has 120 valence electrons. The molecule has 0 saturated heterocycles. The Morgan fingerprint density at radius 3 is 2.29 bits per heavy atom. The monoisotopic (exact) mass is 393 g/mol. The number of nitrogens with two attached hydrogens (primary N) is 1. The van der Waals surface area contributed by atoms with Gasteiger partial charge in [-0.15, -0.1) is 0 Å². The number of benzene rings is 2. The molecule has 2 heterocycles. The van der Waals surface area contributed by atoms with Gasteiger partial charge in [-0.1, -0.05) is 45.9 Å². The van der Waals surface area contributed by atoms with Gasteiger partial charge in [0.25, 0.3) is 0 Å². The van der Waals surface area contributed by atoms with Crippen LogP contribution in [0.4, 0.5) is 10.3 Å². The van der Waals surface area contributed by atoms with E-state index >= 15 is 0 Å². The van der Waals surface area contributed by atoms with Gasteiger partial charge in [0.05, 0.1) is 20.4 Å². The highest BCUT2D eigenvalue weighted by atomic mass is 35.5. The fourth-order valence-electron chi connectivity index (χ4n) is 2.13. The SMILES string of the molecule is NC(=Nc1nc2cc(Cl)ccc2s1)Nc1nc2cc(Cl)ccc2s1. The smallest absolute Gasteiger partial charge is 0.213 e. The summed E-state index contributed by atoms with van der Waals surface area (Å²) in [6, 6.07) is 11.1. The van der Waals surface area contributed by atoms with Gasteiger partial charge in [-0.25, -0.2) is 9.97 Å². The lowest BCUT2D eigenvalue weighted by molar-refractivity contribution is 1.36. The molecular weight excluding hydrogens is 385 g/mol. The predicted octanol–water partition coefficient (Wildman–Crippen LogP) is 5.27. The minimum atomic E-state index is 0.227. The number of guanidine groups is 1. The molecule has 0 bridgehead atoms. The van der Waals surface area contributed by atoms with E-state index in [1.54, 1.807) is 6.07 Å². The predicted molar refractivity (Wildman–Crippen MR) is 104 cm³/mol. The molecule has 0 radical (unpaired) electrons. The Labute approximate surface area is 154 Å². The van der Waals surface area contributed by atoms with E-state index in [-0.39, 0.29) is 5.96 Å². The second kappa shape index (κ2) is 6.18. The summed E-state index contributed by atoms with van der Waals surface area (Å²) in [5.41, 5.74) is 7.58. The number of rotatable bonds is 2. The average Bonchev–Trinajstić information content (AvgIpc) is 3.08. The minimum Gasteiger partial charge on any atom is -0.369 e. The van der Waals surface area contributed by atoms with Crippen LogP contribution in [0.3, 0.4) is 0 Å². The summed E-state index contributed by atoms with van der Waals surface area (Å²) in [6.07, 6.45) is 0. The summed E-state index contributed by atoms with van der Waals surface area (Å²) < 4.78 is 2.02. The highest BCUT2D eigenvalue weighted by Gasteiger charge is 2.07. The number of hydrogen-bond donors (Lipinski definition) is 2. The molecular formula is C15H9Cl2N5S2. The van der Waals surface area contributed by atoms with E-state index in [4.69, 9.17) is 28.9 Å². The zero-order chi connectivity index (χ0) is 16.7. The lowest BCUT2D eigenvalue weighted by Crippen LogP contribution is -2.21. The Balaban J connectivity index is 1.61. The van der Waals surface area contributed by atoms with Crippen LogP contribution < -0.4 is 11.1 Å². The molecule has 0 fully saturated rings. The molecule has 0 aliphatic carbocycles. The van der Waals surface area contributed by atoms with Crippen LogP contribution in [0.15, 0.2) is 41.4 Å². The second-order valence-electron chi connectivity index (χ2n) is 4.86. The Kier molecular flexibility index (Phi) is 4.01. The molecule has 0 aliphatic rings. The molecule has 2 aromatic heterocycles. The summed E-state index contributed by atoms with van der Waals surface area (Å²) in [7, 11) is 0. The van der Waals surface area contributed by atoms with E-state index in [1.165, 1.54) is 22.7 Å². The number of thiazole rings is 2. The van der Waals surface area contributed by atoms with Crippen LogP contribution in [0.2, 0.25) is 10.0 Å². The van der Waals surface area contributed by atoms with Crippen LogP contribution in [-0.4, -0.2) is 15.9 Å². The van der Waals surface area contributed by atoms with Crippen LogP contribution in [0.25, 0.3) is 20.4 Å². The average molecular weight is 394 g/mol. The van der Waals surface area contributed by atoms with Gasteiger partial charge in [-0.2, -0.15) is 4.99 Å². The third-order valence-electron chi connectivity index (χ3n) is 3.14. The van der Waals surface area contributed by atoms with Crippen molar-refractivity contribution in [2.24, 2.45) is 10.7 Å². The van der Waals surface area contributed by atoms with Gasteiger partial charge in [-0.3, -0.25) is 0 Å². The summed E-state index contributed by atoms with van der Waals surface area (Å²) in [5.74, 6) is 0.227. The van der Waals surface area contributed by atoms with E-state index in [9.17, 15) is 0 Å². The highest BCUT2D eigenvalue weighted by molar-refractivity contribution is 7.22. The van der Waals surface area contributed by atoms with Crippen molar-refractivity contribution in [3.05, 3.63) is 46.4 Å². The van der Waals surface area contributed by atoms with Crippen molar-refractivity contribution >= 4 is 82.5 Å². The van der Waals surface area contributed by atoms with Crippen molar-refractivity contribution in [1.82, 2.24) is 9.97 Å². The molecule has 4 aromatic rings. The maximum Gasteiger partial charge on any atom is 0.213 e. The topological polar surface area (TPSA) is 76.2 Å². The van der Waals surface area contributed by atoms with Crippen LogP contribution in [0.1, 0.15) is 0 Å². The van der Waals surface area contributed by atoms with Crippen molar-refractivity contribution in [2.75, 3.05) is 5.32 Å². The van der Waals surface area contributed by atoms with Gasteiger partial charge >= 0.3 is 0 Å². The zero-order valence-corrected chi connectivity index (χ0v) is 15.1. The van der Waals surface area contributed by atoms with E-state index in [0.29, 0.717) is 20.3 Å². The Morgan fingerprint density at radius 1 is 0.958 bits per heavy atom. The maximum absolute atomic E-state index is 5.97. The van der Waals surface area contributed by atoms with Gasteiger partial charge in [0.15, 0.2) is 5.13 Å². The fraction of sp³-hybridized carbons (Fsp3) is 0. The Morgan fingerprint density at radius 2 is 1.58 bits per heavy atom. The molecule has 5 nitrogen and oxygen atoms in total. The molecule has 0 unspecified atom stereocenters. The van der Waals surface area contributed by atoms with Gasteiger partial charge in [0, 0.05) is 10.0 Å². The lowest BCUT2D eigenvalue weighted by Gasteiger charge is -1.98. The van der Waals surface area contributed by atoms with Crippen LogP contribution in [0.5, 0.6) is 0 Å². The van der Waals surface area contributed by atoms with Crippen LogP contribution in [0, 0.1) is 0 Å². The van der Waals surface area contributed by atoms with Crippen molar-refractivity contribution in [1.29, 1.82) is 0 Å². The molecule has 0 amide bonds. The van der Waals surface area contributed by atoms with Crippen molar-refractivity contribution in [2.45, 2.75) is 0 Å². The fourth-order valence-corrected chi connectivity index (χ4v) is 4.15. The van der Waals surface area contributed by atoms with Crippen molar-refractivity contribution in [3.63, 3.8) is 0 Å². The van der Waals surface area contributed by atoms with Gasteiger partial charge < -0.3 is 11.1 Å². The van der Waals surface area contributed by atoms with E-state index in [2.05, 4.69) is 20.3 Å². The van der Waals surface area contributed by atoms with Gasteiger partial charge in [0.1, 0.15) is 0 Å². The van der Waals surface area contributed by atoms with Gasteiger partial charge in [0.2, 0.25) is 11.1 Å². The quantitative estimate of drug-likeness (QED) is 0.359. The number of hydrogen-bond acceptors (Lipinski definition) is 5. The number of aliphatic imine (C=N–C) groups is 1. The summed E-state index contributed by atoms with van der Waals surface area (Å²) >= 11 is 14.9. The largest absolute Gasteiger partial charge is 0.369 e. The first-order chi connectivity index (χ1) is 11.6. The highest BCUT2D eigenvalue weighted by Crippen LogP contribution is 2.30. The van der Waals surface area contributed by atoms with E-state index in [1.807, 2.05) is 30.3 Å². The third-order valence-corrected chi connectivity index (χ3v) is 5.49. The normalized spacial score (nSPS) is 12.2. The standard InChI is InChI=1S/C15H9Cl2N5S2/c16-7-1-3-11-9(5-7)19-14(23-11)21-13(18)22-15-20-10-6-8(17)2-4-12(10)24-15/h1-6H,(H3,18,19,20,21,22). The maximum atomic E-state index is 5.97. The molecule has 0 aliphatic heterocycles. The molecule has 24 heavy (non-hydrogen) atoms. The first kappa shape index (κ1) is 15.6. The minimum absolute atomic E-state index is 0.227. The second-order valence-corrected chi connectivity index (χ2v) is 7.77.